The zero-order valence-electron chi connectivity index (χ0n) is 15.6. The molecule has 0 amide bonds. The van der Waals surface area contributed by atoms with Crippen LogP contribution in [0.2, 0.25) is 0 Å². The Kier molecular flexibility index (Phi) is 6.16. The van der Waals surface area contributed by atoms with Crippen molar-refractivity contribution in [2.24, 2.45) is 5.10 Å². The number of nitro groups is 1. The predicted octanol–water partition coefficient (Wildman–Crippen LogP) is 4.45. The number of aryl methyl sites for hydroxylation is 2. The Balaban J connectivity index is 2.33. The van der Waals surface area contributed by atoms with Crippen LogP contribution in [0.25, 0.3) is 0 Å². The quantitative estimate of drug-likeness (QED) is 0.449. The lowest BCUT2D eigenvalue weighted by atomic mass is 10.1. The summed E-state index contributed by atoms with van der Waals surface area (Å²) >= 11 is 0. The minimum Gasteiger partial charge on any atom is -0.493 e. The van der Waals surface area contributed by atoms with Gasteiger partial charge in [0.15, 0.2) is 11.5 Å². The topological polar surface area (TPSA) is 86.0 Å². The van der Waals surface area contributed by atoms with E-state index in [0.717, 1.165) is 11.3 Å². The van der Waals surface area contributed by atoms with Gasteiger partial charge in [0.2, 0.25) is 0 Å². The van der Waals surface area contributed by atoms with Gasteiger partial charge in [-0.25, -0.2) is 0 Å². The van der Waals surface area contributed by atoms with E-state index in [1.54, 1.807) is 6.07 Å². The third-order valence-corrected chi connectivity index (χ3v) is 3.78. The summed E-state index contributed by atoms with van der Waals surface area (Å²) in [4.78, 5) is 10.9. The van der Waals surface area contributed by atoms with Gasteiger partial charge >= 0.3 is 0 Å². The van der Waals surface area contributed by atoms with Crippen LogP contribution < -0.4 is 14.9 Å². The number of hydrogen-bond donors (Lipinski definition) is 1. The maximum absolute atomic E-state index is 11.4. The number of methoxy groups -OCH3 is 1. The second kappa shape index (κ2) is 8.33. The highest BCUT2D eigenvalue weighted by atomic mass is 16.6. The van der Waals surface area contributed by atoms with Crippen LogP contribution in [-0.2, 0) is 0 Å². The van der Waals surface area contributed by atoms with Crippen molar-refractivity contribution in [2.75, 3.05) is 12.5 Å². The van der Waals surface area contributed by atoms with Crippen molar-refractivity contribution >= 4 is 17.6 Å². The molecule has 0 heterocycles. The molecule has 0 aliphatic heterocycles. The van der Waals surface area contributed by atoms with Gasteiger partial charge < -0.3 is 9.47 Å². The van der Waals surface area contributed by atoms with Crippen molar-refractivity contribution in [3.63, 3.8) is 0 Å². The molecule has 138 valence electrons. The van der Waals surface area contributed by atoms with Gasteiger partial charge in [-0.2, -0.15) is 5.10 Å². The third-order valence-electron chi connectivity index (χ3n) is 3.78. The monoisotopic (exact) mass is 357 g/mol. The highest BCUT2D eigenvalue weighted by Gasteiger charge is 2.19. The third kappa shape index (κ3) is 4.72. The standard InChI is InChI=1S/C19H23N3O4/c1-12(2)26-19-9-15(17(22(23)24)10-18(19)25-5)11-20-21-16-7-6-13(3)14(4)8-16/h6-12,21H,1-5H3. The average Bonchev–Trinajstić information content (AvgIpc) is 2.57. The van der Waals surface area contributed by atoms with Gasteiger partial charge in [0, 0.05) is 0 Å². The minimum absolute atomic E-state index is 0.0937. The first-order chi connectivity index (χ1) is 12.3. The second-order valence-electron chi connectivity index (χ2n) is 6.15. The van der Waals surface area contributed by atoms with E-state index in [-0.39, 0.29) is 11.8 Å². The summed E-state index contributed by atoms with van der Waals surface area (Å²) in [7, 11) is 1.45. The van der Waals surface area contributed by atoms with Crippen molar-refractivity contribution in [1.29, 1.82) is 0 Å². The number of rotatable bonds is 7. The van der Waals surface area contributed by atoms with Crippen molar-refractivity contribution in [3.05, 3.63) is 57.1 Å². The number of nitro benzene ring substituents is 1. The van der Waals surface area contributed by atoms with Gasteiger partial charge in [0.1, 0.15) is 0 Å². The number of hydrogen-bond acceptors (Lipinski definition) is 6. The average molecular weight is 357 g/mol. The molecule has 0 saturated carbocycles. The zero-order valence-corrected chi connectivity index (χ0v) is 15.6. The van der Waals surface area contributed by atoms with E-state index < -0.39 is 4.92 Å². The Labute approximate surface area is 152 Å². The molecule has 0 aliphatic carbocycles. The summed E-state index contributed by atoms with van der Waals surface area (Å²) in [5, 5.41) is 15.5. The zero-order chi connectivity index (χ0) is 19.3. The molecule has 0 aromatic heterocycles. The molecule has 7 nitrogen and oxygen atoms in total. The molecular weight excluding hydrogens is 334 g/mol. The number of anilines is 1. The van der Waals surface area contributed by atoms with E-state index in [0.29, 0.717) is 17.1 Å². The maximum atomic E-state index is 11.4. The molecule has 0 radical (unpaired) electrons. The van der Waals surface area contributed by atoms with Gasteiger partial charge in [0.05, 0.1) is 41.7 Å². The Morgan fingerprint density at radius 1 is 1.15 bits per heavy atom. The molecule has 2 aromatic carbocycles. The largest absolute Gasteiger partial charge is 0.493 e. The molecule has 0 fully saturated rings. The van der Waals surface area contributed by atoms with Crippen LogP contribution in [0.1, 0.15) is 30.5 Å². The number of nitrogens with one attached hydrogen (secondary N) is 1. The molecule has 0 saturated heterocycles. The molecule has 0 unspecified atom stereocenters. The van der Waals surface area contributed by atoms with Crippen LogP contribution in [0, 0.1) is 24.0 Å². The predicted molar refractivity (Wildman–Crippen MR) is 103 cm³/mol. The van der Waals surface area contributed by atoms with E-state index in [4.69, 9.17) is 9.47 Å². The van der Waals surface area contributed by atoms with Crippen molar-refractivity contribution in [3.8, 4) is 11.5 Å². The Morgan fingerprint density at radius 2 is 1.88 bits per heavy atom. The fourth-order valence-electron chi connectivity index (χ4n) is 2.32. The summed E-state index contributed by atoms with van der Waals surface area (Å²) in [6.45, 7) is 7.78. The second-order valence-corrected chi connectivity index (χ2v) is 6.15. The highest BCUT2D eigenvalue weighted by Crippen LogP contribution is 2.34. The van der Waals surface area contributed by atoms with Crippen LogP contribution in [-0.4, -0.2) is 24.4 Å². The number of nitrogens with zero attached hydrogens (tertiary/aromatic N) is 2. The lowest BCUT2D eigenvalue weighted by Crippen LogP contribution is -2.08. The lowest BCUT2D eigenvalue weighted by molar-refractivity contribution is -0.385. The molecule has 0 spiro atoms. The first-order valence-corrected chi connectivity index (χ1v) is 8.21. The number of hydrazone groups is 1. The first kappa shape index (κ1) is 19.2. The van der Waals surface area contributed by atoms with E-state index in [9.17, 15) is 10.1 Å². The lowest BCUT2D eigenvalue weighted by Gasteiger charge is -2.14. The molecule has 1 N–H and O–H groups in total. The van der Waals surface area contributed by atoms with Crippen LogP contribution in [0.4, 0.5) is 11.4 Å². The summed E-state index contributed by atoms with van der Waals surface area (Å²) in [5.74, 6) is 0.741. The normalized spacial score (nSPS) is 11.0. The summed E-state index contributed by atoms with van der Waals surface area (Å²) < 4.78 is 10.9. The summed E-state index contributed by atoms with van der Waals surface area (Å²) in [5.41, 5.74) is 6.22. The van der Waals surface area contributed by atoms with Gasteiger partial charge in [0.25, 0.3) is 5.69 Å². The smallest absolute Gasteiger partial charge is 0.282 e. The molecule has 26 heavy (non-hydrogen) atoms. The van der Waals surface area contributed by atoms with Crippen LogP contribution in [0.15, 0.2) is 35.4 Å². The fourth-order valence-corrected chi connectivity index (χ4v) is 2.32. The van der Waals surface area contributed by atoms with Crippen LogP contribution in [0.5, 0.6) is 11.5 Å². The van der Waals surface area contributed by atoms with E-state index in [1.807, 2.05) is 45.9 Å². The van der Waals surface area contributed by atoms with Crippen molar-refractivity contribution in [1.82, 2.24) is 0 Å². The van der Waals surface area contributed by atoms with Crippen molar-refractivity contribution in [2.45, 2.75) is 33.8 Å². The summed E-state index contributed by atoms with van der Waals surface area (Å²) in [6.07, 6.45) is 1.31. The van der Waals surface area contributed by atoms with Crippen LogP contribution in [0.3, 0.4) is 0 Å². The van der Waals surface area contributed by atoms with Crippen molar-refractivity contribution < 1.29 is 14.4 Å². The molecule has 0 aliphatic rings. The molecular formula is C19H23N3O4. The molecule has 0 bridgehead atoms. The van der Waals surface area contributed by atoms with Gasteiger partial charge in [-0.1, -0.05) is 6.07 Å². The number of ether oxygens (including phenoxy) is 2. The first-order valence-electron chi connectivity index (χ1n) is 8.21. The molecule has 2 aromatic rings. The van der Waals surface area contributed by atoms with E-state index in [2.05, 4.69) is 10.5 Å². The number of benzene rings is 2. The van der Waals surface area contributed by atoms with E-state index >= 15 is 0 Å². The maximum Gasteiger partial charge on any atom is 0.282 e. The SMILES string of the molecule is COc1cc([N+](=O)[O-])c(C=NNc2ccc(C)c(C)c2)cc1OC(C)C. The van der Waals surface area contributed by atoms with Gasteiger partial charge in [-0.05, 0) is 57.0 Å². The highest BCUT2D eigenvalue weighted by molar-refractivity contribution is 5.87. The Morgan fingerprint density at radius 3 is 2.46 bits per heavy atom. The molecule has 7 heteroatoms. The Bertz CT molecular complexity index is 832. The van der Waals surface area contributed by atoms with E-state index in [1.165, 1.54) is 25.0 Å². The molecule has 2 rings (SSSR count). The summed E-state index contributed by atoms with van der Waals surface area (Å²) in [6, 6.07) is 8.74. The Hall–Kier alpha value is -3.09. The minimum atomic E-state index is -0.473. The van der Waals surface area contributed by atoms with Gasteiger partial charge in [-0.3, -0.25) is 15.5 Å². The van der Waals surface area contributed by atoms with Crippen LogP contribution >= 0.6 is 0 Å². The molecule has 0 atom stereocenters. The van der Waals surface area contributed by atoms with Gasteiger partial charge in [-0.15, -0.1) is 0 Å². The fraction of sp³-hybridized carbons (Fsp3) is 0.316.